The topological polar surface area (TPSA) is 101 Å². The fraction of sp³-hybridized carbons (Fsp3) is 0.0385. The zero-order valence-electron chi connectivity index (χ0n) is 17.4. The van der Waals surface area contributed by atoms with Crippen LogP contribution in [0.1, 0.15) is 0 Å². The second-order valence-corrected chi connectivity index (χ2v) is 7.30. The average Bonchev–Trinajstić information content (AvgIpc) is 3.52. The van der Waals surface area contributed by atoms with Gasteiger partial charge in [0.25, 0.3) is 0 Å². The van der Waals surface area contributed by atoms with E-state index in [1.807, 2.05) is 66.7 Å². The molecule has 2 N–H and O–H groups in total. The van der Waals surface area contributed by atoms with E-state index in [1.165, 1.54) is 0 Å². The molecule has 0 unspecified atom stereocenters. The molecule has 0 saturated heterocycles. The van der Waals surface area contributed by atoms with Gasteiger partial charge >= 0.3 is 5.97 Å². The summed E-state index contributed by atoms with van der Waals surface area (Å²) in [5, 5.41) is 16.1. The highest BCUT2D eigenvalue weighted by molar-refractivity contribution is 5.82. The van der Waals surface area contributed by atoms with Crippen LogP contribution in [0.5, 0.6) is 5.75 Å². The maximum Gasteiger partial charge on any atom is 0.341 e. The zero-order valence-corrected chi connectivity index (χ0v) is 17.4. The summed E-state index contributed by atoms with van der Waals surface area (Å²) >= 11 is 0. The third kappa shape index (κ3) is 4.24. The van der Waals surface area contributed by atoms with Crippen LogP contribution in [0.4, 0.5) is 0 Å². The Balaban J connectivity index is 1.59. The molecule has 0 radical (unpaired) electrons. The summed E-state index contributed by atoms with van der Waals surface area (Å²) in [6.45, 7) is -0.417. The third-order valence-corrected chi connectivity index (χ3v) is 5.07. The molecule has 0 bridgehead atoms. The third-order valence-electron chi connectivity index (χ3n) is 5.07. The number of rotatable bonds is 7. The van der Waals surface area contributed by atoms with Gasteiger partial charge in [0.15, 0.2) is 12.4 Å². The molecule has 0 spiro atoms. The number of ether oxygens (including phenoxy) is 1. The number of aromatic amines is 1. The number of carbonyl (C=O) groups is 1. The first-order valence-corrected chi connectivity index (χ1v) is 10.3. The Morgan fingerprint density at radius 3 is 2.33 bits per heavy atom. The highest BCUT2D eigenvalue weighted by atomic mass is 16.5. The van der Waals surface area contributed by atoms with E-state index in [-0.39, 0.29) is 0 Å². The van der Waals surface area contributed by atoms with Gasteiger partial charge in [-0.05, 0) is 12.1 Å². The molecular weight excluding hydrogens is 418 g/mol. The Bertz CT molecular complexity index is 1330. The van der Waals surface area contributed by atoms with Gasteiger partial charge in [0.1, 0.15) is 11.4 Å². The highest BCUT2D eigenvalue weighted by Crippen LogP contribution is 2.38. The van der Waals surface area contributed by atoms with Gasteiger partial charge < -0.3 is 14.3 Å². The van der Waals surface area contributed by atoms with Crippen molar-refractivity contribution in [1.29, 1.82) is 0 Å². The molecule has 0 fully saturated rings. The summed E-state index contributed by atoms with van der Waals surface area (Å²) in [6, 6.07) is 26.8. The van der Waals surface area contributed by atoms with Crippen molar-refractivity contribution in [1.82, 2.24) is 15.2 Å². The standard InChI is InChI=1S/C26H19N3O4/c30-22(31)16-32-20-13-7-12-19(14-20)23-21(15-27-29-23)26-28-24(17-8-3-1-4-9-17)25(33-26)18-10-5-2-6-11-18/h1-15H,16H2,(H,27,29)(H,30,31). The summed E-state index contributed by atoms with van der Waals surface area (Å²) in [5.41, 5.74) is 4.75. The van der Waals surface area contributed by atoms with Crippen LogP contribution in [-0.4, -0.2) is 32.9 Å². The van der Waals surface area contributed by atoms with E-state index >= 15 is 0 Å². The monoisotopic (exact) mass is 437 g/mol. The Kier molecular flexibility index (Phi) is 5.43. The van der Waals surface area contributed by atoms with Crippen LogP contribution in [-0.2, 0) is 4.79 Å². The highest BCUT2D eigenvalue weighted by Gasteiger charge is 2.21. The van der Waals surface area contributed by atoms with Crippen LogP contribution >= 0.6 is 0 Å². The van der Waals surface area contributed by atoms with Crippen LogP contribution < -0.4 is 4.74 Å². The first kappa shape index (κ1) is 20.3. The zero-order chi connectivity index (χ0) is 22.6. The number of hydrogen-bond donors (Lipinski definition) is 2. The van der Waals surface area contributed by atoms with Crippen LogP contribution in [0.15, 0.2) is 95.5 Å². The van der Waals surface area contributed by atoms with E-state index in [1.54, 1.807) is 24.4 Å². The maximum atomic E-state index is 10.8. The molecule has 2 aromatic heterocycles. The normalized spacial score (nSPS) is 10.8. The quantitative estimate of drug-likeness (QED) is 0.347. The molecule has 162 valence electrons. The van der Waals surface area contributed by atoms with Gasteiger partial charge in [-0.1, -0.05) is 72.8 Å². The van der Waals surface area contributed by atoms with Gasteiger partial charge in [0.05, 0.1) is 17.5 Å². The van der Waals surface area contributed by atoms with Crippen LogP contribution in [0.25, 0.3) is 45.3 Å². The summed E-state index contributed by atoms with van der Waals surface area (Å²) in [4.78, 5) is 15.7. The molecule has 3 aromatic carbocycles. The van der Waals surface area contributed by atoms with Gasteiger partial charge in [-0.2, -0.15) is 5.10 Å². The van der Waals surface area contributed by atoms with Crippen molar-refractivity contribution < 1.29 is 19.1 Å². The first-order valence-electron chi connectivity index (χ1n) is 10.3. The lowest BCUT2D eigenvalue weighted by atomic mass is 10.1. The molecular formula is C26H19N3O4. The number of benzene rings is 3. The number of nitrogens with zero attached hydrogens (tertiary/aromatic N) is 2. The van der Waals surface area contributed by atoms with Crippen molar-refractivity contribution in [3.8, 4) is 51.0 Å². The first-order chi connectivity index (χ1) is 16.2. The van der Waals surface area contributed by atoms with Crippen molar-refractivity contribution in [2.24, 2.45) is 0 Å². The van der Waals surface area contributed by atoms with Crippen molar-refractivity contribution in [3.63, 3.8) is 0 Å². The average molecular weight is 437 g/mol. The molecule has 7 heteroatoms. The largest absolute Gasteiger partial charge is 0.482 e. The molecule has 33 heavy (non-hydrogen) atoms. The smallest absolute Gasteiger partial charge is 0.341 e. The number of hydrogen-bond acceptors (Lipinski definition) is 5. The lowest BCUT2D eigenvalue weighted by Gasteiger charge is -2.06. The Hall–Kier alpha value is -4.65. The van der Waals surface area contributed by atoms with Crippen molar-refractivity contribution in [2.75, 3.05) is 6.61 Å². The summed E-state index contributed by atoms with van der Waals surface area (Å²) in [5.74, 6) is 0.498. The van der Waals surface area contributed by atoms with Gasteiger partial charge in [0, 0.05) is 16.7 Å². The molecule has 0 aliphatic rings. The fourth-order valence-corrected chi connectivity index (χ4v) is 3.57. The minimum Gasteiger partial charge on any atom is -0.482 e. The molecule has 0 atom stereocenters. The van der Waals surface area contributed by atoms with Crippen molar-refractivity contribution in [2.45, 2.75) is 0 Å². The maximum absolute atomic E-state index is 10.8. The minimum absolute atomic E-state index is 0.417. The number of aromatic nitrogens is 3. The number of oxazole rings is 1. The molecule has 0 aliphatic heterocycles. The number of nitrogens with one attached hydrogen (secondary N) is 1. The lowest BCUT2D eigenvalue weighted by Crippen LogP contribution is -2.09. The van der Waals surface area contributed by atoms with Crippen molar-refractivity contribution in [3.05, 3.63) is 91.1 Å². The van der Waals surface area contributed by atoms with Crippen LogP contribution in [0, 0.1) is 0 Å². The van der Waals surface area contributed by atoms with Gasteiger partial charge in [-0.3, -0.25) is 5.10 Å². The van der Waals surface area contributed by atoms with E-state index in [0.29, 0.717) is 28.7 Å². The molecule has 5 rings (SSSR count). The summed E-state index contributed by atoms with van der Waals surface area (Å²) < 4.78 is 11.6. The summed E-state index contributed by atoms with van der Waals surface area (Å²) in [6.07, 6.45) is 1.66. The molecule has 5 aromatic rings. The molecule has 2 heterocycles. The molecule has 7 nitrogen and oxygen atoms in total. The van der Waals surface area contributed by atoms with Crippen LogP contribution in [0.3, 0.4) is 0 Å². The van der Waals surface area contributed by atoms with E-state index in [4.69, 9.17) is 19.2 Å². The SMILES string of the molecule is O=C(O)COc1cccc(-c2[nH]ncc2-c2nc(-c3ccccc3)c(-c3ccccc3)o2)c1. The van der Waals surface area contributed by atoms with E-state index in [9.17, 15) is 4.79 Å². The van der Waals surface area contributed by atoms with Crippen LogP contribution in [0.2, 0.25) is 0 Å². The predicted octanol–water partition coefficient (Wildman–Crippen LogP) is 5.53. The second kappa shape index (κ2) is 8.84. The fourth-order valence-electron chi connectivity index (χ4n) is 3.57. The Morgan fingerprint density at radius 2 is 1.61 bits per heavy atom. The summed E-state index contributed by atoms with van der Waals surface area (Å²) in [7, 11) is 0. The number of carboxylic acid groups (broad SMARTS) is 1. The molecule has 0 amide bonds. The number of carboxylic acids is 1. The Morgan fingerprint density at radius 1 is 0.909 bits per heavy atom. The predicted molar refractivity (Wildman–Crippen MR) is 124 cm³/mol. The molecule has 0 saturated carbocycles. The van der Waals surface area contributed by atoms with Gasteiger partial charge in [-0.15, -0.1) is 0 Å². The number of H-pyrrole nitrogens is 1. The van der Waals surface area contributed by atoms with E-state index in [2.05, 4.69) is 10.2 Å². The minimum atomic E-state index is -1.04. The van der Waals surface area contributed by atoms with E-state index < -0.39 is 12.6 Å². The van der Waals surface area contributed by atoms with Crippen molar-refractivity contribution >= 4 is 5.97 Å². The van der Waals surface area contributed by atoms with E-state index in [0.717, 1.165) is 22.4 Å². The number of aliphatic carboxylic acids is 1. The Labute approximate surface area is 189 Å². The second-order valence-electron chi connectivity index (χ2n) is 7.30. The van der Waals surface area contributed by atoms with Gasteiger partial charge in [-0.25, -0.2) is 9.78 Å². The van der Waals surface area contributed by atoms with Gasteiger partial charge in [0.2, 0.25) is 5.89 Å². The molecule has 0 aliphatic carbocycles. The lowest BCUT2D eigenvalue weighted by molar-refractivity contribution is -0.139.